The molecular weight excluding hydrogens is 370 g/mol. The van der Waals surface area contributed by atoms with Gasteiger partial charge in [-0.15, -0.1) is 0 Å². The van der Waals surface area contributed by atoms with Gasteiger partial charge in [0.25, 0.3) is 5.56 Å². The number of nitrogens with zero attached hydrogens (tertiary/aromatic N) is 4. The predicted octanol–water partition coefficient (Wildman–Crippen LogP) is 2.75. The van der Waals surface area contributed by atoms with Crippen molar-refractivity contribution in [1.29, 1.82) is 0 Å². The quantitative estimate of drug-likeness (QED) is 0.735. The van der Waals surface area contributed by atoms with Gasteiger partial charge in [-0.3, -0.25) is 4.79 Å². The standard InChI is InChI=1S/C18H18ClN5O3/c1-10-16(11(2)27-23-10)12-3-5-20-15(7-12)26-13-4-6-24(9-13)14-8-21-22-18(25)17(14)19/h3,5,7-8,13H,4,6,9H2,1-2H3,(H,22,25)/t13-/m1/s1. The SMILES string of the molecule is Cc1noc(C)c1-c1ccnc(O[C@@H]2CCN(c3cn[nH]c(=O)c3Cl)C2)c1. The second-order valence-electron chi connectivity index (χ2n) is 6.45. The van der Waals surface area contributed by atoms with E-state index in [9.17, 15) is 4.79 Å². The molecule has 0 unspecified atom stereocenters. The fourth-order valence-electron chi connectivity index (χ4n) is 3.33. The van der Waals surface area contributed by atoms with Crippen LogP contribution in [0.2, 0.25) is 5.02 Å². The van der Waals surface area contributed by atoms with E-state index in [2.05, 4.69) is 20.3 Å². The molecule has 4 heterocycles. The van der Waals surface area contributed by atoms with Crippen LogP contribution in [-0.4, -0.2) is 39.5 Å². The molecule has 0 aliphatic carbocycles. The number of rotatable bonds is 4. The monoisotopic (exact) mass is 387 g/mol. The fraction of sp³-hybridized carbons (Fsp3) is 0.333. The van der Waals surface area contributed by atoms with Crippen molar-refractivity contribution in [2.24, 2.45) is 0 Å². The number of nitrogens with one attached hydrogen (secondary N) is 1. The van der Waals surface area contributed by atoms with Crippen LogP contribution in [0.25, 0.3) is 11.1 Å². The number of aromatic nitrogens is 4. The topological polar surface area (TPSA) is 97.1 Å². The minimum Gasteiger partial charge on any atom is -0.472 e. The van der Waals surface area contributed by atoms with E-state index in [4.69, 9.17) is 20.9 Å². The van der Waals surface area contributed by atoms with Gasteiger partial charge in [-0.05, 0) is 25.5 Å². The summed E-state index contributed by atoms with van der Waals surface area (Å²) in [4.78, 5) is 18.0. The molecule has 0 radical (unpaired) electrons. The molecule has 1 atom stereocenters. The summed E-state index contributed by atoms with van der Waals surface area (Å²) in [6.45, 7) is 5.10. The summed E-state index contributed by atoms with van der Waals surface area (Å²) in [5, 5.41) is 10.3. The van der Waals surface area contributed by atoms with Gasteiger partial charge in [0, 0.05) is 30.8 Å². The number of hydrogen-bond acceptors (Lipinski definition) is 7. The molecule has 1 saturated heterocycles. The highest BCUT2D eigenvalue weighted by Crippen LogP contribution is 2.30. The maximum absolute atomic E-state index is 11.6. The second-order valence-corrected chi connectivity index (χ2v) is 6.83. The highest BCUT2D eigenvalue weighted by atomic mass is 35.5. The number of H-pyrrole nitrogens is 1. The van der Waals surface area contributed by atoms with Gasteiger partial charge in [0.15, 0.2) is 0 Å². The minimum absolute atomic E-state index is 0.0622. The van der Waals surface area contributed by atoms with E-state index in [-0.39, 0.29) is 11.1 Å². The zero-order valence-electron chi connectivity index (χ0n) is 14.9. The Morgan fingerprint density at radius 3 is 3.04 bits per heavy atom. The van der Waals surface area contributed by atoms with Crippen molar-refractivity contribution in [2.75, 3.05) is 18.0 Å². The third-order valence-electron chi connectivity index (χ3n) is 4.61. The van der Waals surface area contributed by atoms with Crippen molar-refractivity contribution < 1.29 is 9.26 Å². The van der Waals surface area contributed by atoms with Crippen molar-refractivity contribution in [3.05, 3.63) is 51.4 Å². The van der Waals surface area contributed by atoms with E-state index in [1.807, 2.05) is 30.9 Å². The van der Waals surface area contributed by atoms with Crippen molar-refractivity contribution in [1.82, 2.24) is 20.3 Å². The summed E-state index contributed by atoms with van der Waals surface area (Å²) in [7, 11) is 0. The first kappa shape index (κ1) is 17.5. The number of ether oxygens (including phenoxy) is 1. The molecule has 27 heavy (non-hydrogen) atoms. The Bertz CT molecular complexity index is 1010. The van der Waals surface area contributed by atoms with Crippen molar-refractivity contribution >= 4 is 17.3 Å². The molecule has 1 aliphatic rings. The van der Waals surface area contributed by atoms with Crippen LogP contribution in [0.1, 0.15) is 17.9 Å². The zero-order valence-corrected chi connectivity index (χ0v) is 15.7. The van der Waals surface area contributed by atoms with E-state index >= 15 is 0 Å². The number of hydrogen-bond donors (Lipinski definition) is 1. The lowest BCUT2D eigenvalue weighted by Crippen LogP contribution is -2.26. The van der Waals surface area contributed by atoms with Crippen LogP contribution in [0.5, 0.6) is 5.88 Å². The Kier molecular flexibility index (Phi) is 4.57. The molecule has 1 fully saturated rings. The third kappa shape index (κ3) is 3.40. The molecule has 140 valence electrons. The molecule has 1 N–H and O–H groups in total. The van der Waals surface area contributed by atoms with Crippen LogP contribution in [0.4, 0.5) is 5.69 Å². The number of aromatic amines is 1. The lowest BCUT2D eigenvalue weighted by Gasteiger charge is -2.19. The maximum Gasteiger partial charge on any atom is 0.285 e. The van der Waals surface area contributed by atoms with Gasteiger partial charge in [-0.2, -0.15) is 5.10 Å². The van der Waals surface area contributed by atoms with Crippen LogP contribution in [0, 0.1) is 13.8 Å². The zero-order chi connectivity index (χ0) is 19.0. The van der Waals surface area contributed by atoms with Gasteiger partial charge in [0.05, 0.1) is 24.1 Å². The molecule has 8 nitrogen and oxygen atoms in total. The van der Waals surface area contributed by atoms with Crippen molar-refractivity contribution in [3.8, 4) is 17.0 Å². The predicted molar refractivity (Wildman–Crippen MR) is 100 cm³/mol. The summed E-state index contributed by atoms with van der Waals surface area (Å²) in [6.07, 6.45) is 4.00. The van der Waals surface area contributed by atoms with Gasteiger partial charge in [-0.25, -0.2) is 10.1 Å². The molecule has 0 aromatic carbocycles. The highest BCUT2D eigenvalue weighted by molar-refractivity contribution is 6.33. The maximum atomic E-state index is 11.6. The van der Waals surface area contributed by atoms with Crippen LogP contribution in [0.3, 0.4) is 0 Å². The highest BCUT2D eigenvalue weighted by Gasteiger charge is 2.27. The van der Waals surface area contributed by atoms with E-state index in [1.165, 1.54) is 0 Å². The molecule has 1 aliphatic heterocycles. The first-order valence-electron chi connectivity index (χ1n) is 8.57. The van der Waals surface area contributed by atoms with E-state index in [0.29, 0.717) is 18.1 Å². The lowest BCUT2D eigenvalue weighted by molar-refractivity contribution is 0.216. The third-order valence-corrected chi connectivity index (χ3v) is 4.97. The van der Waals surface area contributed by atoms with Gasteiger partial charge in [-0.1, -0.05) is 16.8 Å². The van der Waals surface area contributed by atoms with Gasteiger partial charge in [0.2, 0.25) is 5.88 Å². The van der Waals surface area contributed by atoms with Crippen molar-refractivity contribution in [2.45, 2.75) is 26.4 Å². The number of anilines is 1. The Morgan fingerprint density at radius 1 is 1.41 bits per heavy atom. The van der Waals surface area contributed by atoms with Crippen LogP contribution < -0.4 is 15.2 Å². The normalized spacial score (nSPS) is 16.7. The molecule has 3 aromatic rings. The Balaban J connectivity index is 1.50. The molecule has 9 heteroatoms. The average Bonchev–Trinajstić information content (AvgIpc) is 3.24. The number of pyridine rings is 1. The number of aryl methyl sites for hydroxylation is 2. The van der Waals surface area contributed by atoms with Gasteiger partial charge < -0.3 is 14.2 Å². The first-order chi connectivity index (χ1) is 13.0. The molecule has 0 spiro atoms. The smallest absolute Gasteiger partial charge is 0.285 e. The fourth-order valence-corrected chi connectivity index (χ4v) is 3.54. The summed E-state index contributed by atoms with van der Waals surface area (Å²) in [6, 6.07) is 3.79. The molecule has 4 rings (SSSR count). The van der Waals surface area contributed by atoms with E-state index in [0.717, 1.165) is 35.5 Å². The van der Waals surface area contributed by atoms with Gasteiger partial charge >= 0.3 is 0 Å². The largest absolute Gasteiger partial charge is 0.472 e. The minimum atomic E-state index is -0.396. The van der Waals surface area contributed by atoms with Crippen LogP contribution >= 0.6 is 11.6 Å². The lowest BCUT2D eigenvalue weighted by atomic mass is 10.1. The average molecular weight is 388 g/mol. The molecule has 0 amide bonds. The summed E-state index contributed by atoms with van der Waals surface area (Å²) in [5.74, 6) is 1.29. The summed E-state index contributed by atoms with van der Waals surface area (Å²) < 4.78 is 11.3. The van der Waals surface area contributed by atoms with E-state index in [1.54, 1.807) is 12.4 Å². The van der Waals surface area contributed by atoms with Crippen LogP contribution in [0.15, 0.2) is 33.8 Å². The molecular formula is C18H18ClN5O3. The van der Waals surface area contributed by atoms with Gasteiger partial charge in [0.1, 0.15) is 16.9 Å². The van der Waals surface area contributed by atoms with Crippen LogP contribution in [-0.2, 0) is 0 Å². The summed E-state index contributed by atoms with van der Waals surface area (Å²) >= 11 is 6.10. The van der Waals surface area contributed by atoms with E-state index < -0.39 is 5.56 Å². The second kappa shape index (κ2) is 7.03. The number of halogens is 1. The first-order valence-corrected chi connectivity index (χ1v) is 8.95. The Hall–Kier alpha value is -2.87. The van der Waals surface area contributed by atoms with Crippen molar-refractivity contribution in [3.63, 3.8) is 0 Å². The Morgan fingerprint density at radius 2 is 2.26 bits per heavy atom. The molecule has 0 saturated carbocycles. The molecule has 3 aromatic heterocycles. The Labute approximate surface area is 160 Å². The molecule has 0 bridgehead atoms. The summed E-state index contributed by atoms with van der Waals surface area (Å²) in [5.41, 5.74) is 2.95.